The minimum atomic E-state index is 0.723. The number of aromatic nitrogens is 1. The van der Waals surface area contributed by atoms with Crippen molar-refractivity contribution in [2.24, 2.45) is 0 Å². The zero-order valence-electron chi connectivity index (χ0n) is 11.2. The summed E-state index contributed by atoms with van der Waals surface area (Å²) in [5, 5.41) is 1.43. The van der Waals surface area contributed by atoms with Crippen LogP contribution in [0.2, 0.25) is 0 Å². The molecule has 0 saturated carbocycles. The maximum absolute atomic E-state index is 3.41. The van der Waals surface area contributed by atoms with E-state index in [9.17, 15) is 0 Å². The summed E-state index contributed by atoms with van der Waals surface area (Å²) in [6.45, 7) is 6.73. The monoisotopic (exact) mass is 229 g/mol. The van der Waals surface area contributed by atoms with Gasteiger partial charge in [-0.2, -0.15) is 0 Å². The molecule has 17 heavy (non-hydrogen) atoms. The summed E-state index contributed by atoms with van der Waals surface area (Å²) in [5.41, 5.74) is 4.15. The van der Waals surface area contributed by atoms with Gasteiger partial charge in [-0.05, 0) is 43.4 Å². The maximum Gasteiger partial charge on any atom is 0.0457 e. The first-order chi connectivity index (χ1) is 8.26. The van der Waals surface area contributed by atoms with Crippen LogP contribution in [-0.4, -0.2) is 4.98 Å². The highest BCUT2D eigenvalue weighted by Crippen LogP contribution is 2.32. The van der Waals surface area contributed by atoms with E-state index < -0.39 is 0 Å². The van der Waals surface area contributed by atoms with Crippen molar-refractivity contribution in [3.05, 3.63) is 35.5 Å². The molecule has 2 rings (SSSR count). The van der Waals surface area contributed by atoms with Crippen LogP contribution in [0.15, 0.2) is 24.4 Å². The Morgan fingerprint density at radius 2 is 1.82 bits per heavy atom. The summed E-state index contributed by atoms with van der Waals surface area (Å²) in [5.74, 6) is 0.723. The molecule has 0 spiro atoms. The Morgan fingerprint density at radius 1 is 1.12 bits per heavy atom. The van der Waals surface area contributed by atoms with E-state index in [0.29, 0.717) is 0 Å². The van der Waals surface area contributed by atoms with Crippen molar-refractivity contribution in [3.63, 3.8) is 0 Å². The summed E-state index contributed by atoms with van der Waals surface area (Å²) >= 11 is 0. The van der Waals surface area contributed by atoms with Gasteiger partial charge in [0.2, 0.25) is 0 Å². The third-order valence-corrected chi connectivity index (χ3v) is 3.58. The van der Waals surface area contributed by atoms with Crippen LogP contribution in [0.5, 0.6) is 0 Å². The van der Waals surface area contributed by atoms with Gasteiger partial charge in [0.15, 0.2) is 0 Å². The molecule has 1 aromatic carbocycles. The van der Waals surface area contributed by atoms with E-state index >= 15 is 0 Å². The van der Waals surface area contributed by atoms with Crippen LogP contribution in [-0.2, 0) is 0 Å². The Morgan fingerprint density at radius 3 is 2.47 bits per heavy atom. The van der Waals surface area contributed by atoms with Crippen LogP contribution in [0.25, 0.3) is 10.9 Å². The van der Waals surface area contributed by atoms with Crippen molar-refractivity contribution in [1.82, 2.24) is 4.98 Å². The second-order valence-corrected chi connectivity index (χ2v) is 5.07. The fourth-order valence-corrected chi connectivity index (χ4v) is 2.75. The molecule has 0 radical (unpaired) electrons. The summed E-state index contributed by atoms with van der Waals surface area (Å²) < 4.78 is 0. The van der Waals surface area contributed by atoms with Gasteiger partial charge >= 0.3 is 0 Å². The minimum absolute atomic E-state index is 0.723. The average molecular weight is 229 g/mol. The first kappa shape index (κ1) is 12.2. The molecule has 1 N–H and O–H groups in total. The molecule has 0 atom stereocenters. The quantitative estimate of drug-likeness (QED) is 0.729. The molecule has 92 valence electrons. The standard InChI is InChI=1S/C16H23N/c1-4-6-13(7-5-2)15-11-17-16-9-8-12(3)10-14(15)16/h8-11,13,17H,4-7H2,1-3H3. The third-order valence-electron chi connectivity index (χ3n) is 3.58. The number of nitrogens with one attached hydrogen (secondary N) is 1. The number of benzene rings is 1. The number of rotatable bonds is 5. The first-order valence-corrected chi connectivity index (χ1v) is 6.83. The molecule has 0 bridgehead atoms. The molecule has 0 aliphatic carbocycles. The highest BCUT2D eigenvalue weighted by atomic mass is 14.7. The van der Waals surface area contributed by atoms with Gasteiger partial charge in [0.05, 0.1) is 0 Å². The summed E-state index contributed by atoms with van der Waals surface area (Å²) in [7, 11) is 0. The molecule has 0 aliphatic heterocycles. The zero-order valence-corrected chi connectivity index (χ0v) is 11.2. The van der Waals surface area contributed by atoms with Crippen LogP contribution >= 0.6 is 0 Å². The Labute approximate surface area is 104 Å². The highest BCUT2D eigenvalue weighted by Gasteiger charge is 2.14. The lowest BCUT2D eigenvalue weighted by molar-refractivity contribution is 0.564. The van der Waals surface area contributed by atoms with Crippen molar-refractivity contribution < 1.29 is 0 Å². The molecule has 0 unspecified atom stereocenters. The largest absolute Gasteiger partial charge is 0.361 e. The van der Waals surface area contributed by atoms with Crippen LogP contribution in [0, 0.1) is 6.92 Å². The van der Waals surface area contributed by atoms with Gasteiger partial charge in [-0.15, -0.1) is 0 Å². The van der Waals surface area contributed by atoms with E-state index in [2.05, 4.69) is 50.2 Å². The van der Waals surface area contributed by atoms with Crippen LogP contribution in [0.1, 0.15) is 56.6 Å². The molecular formula is C16H23N. The molecule has 2 aromatic rings. The van der Waals surface area contributed by atoms with E-state index in [1.807, 2.05) is 0 Å². The van der Waals surface area contributed by atoms with Gasteiger partial charge in [-0.1, -0.05) is 38.3 Å². The number of hydrogen-bond acceptors (Lipinski definition) is 0. The molecule has 1 heteroatoms. The Balaban J connectivity index is 2.41. The molecule has 0 saturated heterocycles. The lowest BCUT2D eigenvalue weighted by Gasteiger charge is -2.14. The van der Waals surface area contributed by atoms with Gasteiger partial charge in [-0.3, -0.25) is 0 Å². The predicted octanol–water partition coefficient (Wildman–Crippen LogP) is 5.16. The molecule has 1 heterocycles. The minimum Gasteiger partial charge on any atom is -0.361 e. The van der Waals surface area contributed by atoms with E-state index in [1.165, 1.54) is 47.7 Å². The first-order valence-electron chi connectivity index (χ1n) is 6.83. The van der Waals surface area contributed by atoms with Crippen molar-refractivity contribution in [1.29, 1.82) is 0 Å². The molecular weight excluding hydrogens is 206 g/mol. The molecule has 1 aromatic heterocycles. The topological polar surface area (TPSA) is 15.8 Å². The Bertz CT molecular complexity index is 475. The van der Waals surface area contributed by atoms with Crippen molar-refractivity contribution in [2.45, 2.75) is 52.4 Å². The second-order valence-electron chi connectivity index (χ2n) is 5.07. The third kappa shape index (κ3) is 2.54. The van der Waals surface area contributed by atoms with E-state index in [0.717, 1.165) is 5.92 Å². The Hall–Kier alpha value is -1.24. The molecule has 1 nitrogen and oxygen atoms in total. The lowest BCUT2D eigenvalue weighted by atomic mass is 9.90. The lowest BCUT2D eigenvalue weighted by Crippen LogP contribution is -1.97. The molecule has 0 fully saturated rings. The number of aromatic amines is 1. The summed E-state index contributed by atoms with van der Waals surface area (Å²) in [6, 6.07) is 6.69. The molecule has 0 aliphatic rings. The number of aryl methyl sites for hydroxylation is 1. The predicted molar refractivity (Wildman–Crippen MR) is 75.6 cm³/mol. The number of H-pyrrole nitrogens is 1. The van der Waals surface area contributed by atoms with Crippen molar-refractivity contribution >= 4 is 10.9 Å². The van der Waals surface area contributed by atoms with Crippen molar-refractivity contribution in [2.75, 3.05) is 0 Å². The summed E-state index contributed by atoms with van der Waals surface area (Å²) in [6.07, 6.45) is 7.36. The van der Waals surface area contributed by atoms with Gasteiger partial charge in [0.25, 0.3) is 0 Å². The van der Waals surface area contributed by atoms with Gasteiger partial charge in [0.1, 0.15) is 0 Å². The zero-order chi connectivity index (χ0) is 12.3. The highest BCUT2D eigenvalue weighted by molar-refractivity contribution is 5.84. The van der Waals surface area contributed by atoms with E-state index in [-0.39, 0.29) is 0 Å². The maximum atomic E-state index is 3.41. The van der Waals surface area contributed by atoms with Gasteiger partial charge in [0, 0.05) is 17.1 Å². The molecule has 0 amide bonds. The van der Waals surface area contributed by atoms with Crippen LogP contribution < -0.4 is 0 Å². The van der Waals surface area contributed by atoms with E-state index in [4.69, 9.17) is 0 Å². The second kappa shape index (κ2) is 5.39. The average Bonchev–Trinajstić information content (AvgIpc) is 2.71. The Kier molecular flexibility index (Phi) is 3.88. The number of hydrogen-bond donors (Lipinski definition) is 1. The SMILES string of the molecule is CCCC(CCC)c1c[nH]c2ccc(C)cc12. The van der Waals surface area contributed by atoms with Crippen LogP contribution in [0.3, 0.4) is 0 Å². The fraction of sp³-hybridized carbons (Fsp3) is 0.500. The summed E-state index contributed by atoms with van der Waals surface area (Å²) in [4.78, 5) is 3.41. The van der Waals surface area contributed by atoms with Crippen LogP contribution in [0.4, 0.5) is 0 Å². The van der Waals surface area contributed by atoms with Gasteiger partial charge in [-0.25, -0.2) is 0 Å². The van der Waals surface area contributed by atoms with Crippen molar-refractivity contribution in [3.8, 4) is 0 Å². The normalized spacial score (nSPS) is 11.5. The fourth-order valence-electron chi connectivity index (χ4n) is 2.75. The van der Waals surface area contributed by atoms with Gasteiger partial charge < -0.3 is 4.98 Å². The smallest absolute Gasteiger partial charge is 0.0457 e. The number of fused-ring (bicyclic) bond motifs is 1. The van der Waals surface area contributed by atoms with E-state index in [1.54, 1.807) is 0 Å².